The summed E-state index contributed by atoms with van der Waals surface area (Å²) in [5.41, 5.74) is 6.25. The summed E-state index contributed by atoms with van der Waals surface area (Å²) in [7, 11) is 0. The first-order valence-electron chi connectivity index (χ1n) is 14.3. The Morgan fingerprint density at radius 3 is 2.32 bits per heavy atom. The standard InChI is InChI=1S/C32H52O2/c1-21(2)11-10-12-22(3)24-15-19-32(9)26-13-14-27-29(5,6)28(34-23(4)33)17-18-30(27,7)25(26)16-20-31(24,32)8/h11,22,24,27-28H,10,12-20H2,1-9H3/t22?,24?,27-,28-,30+,31+,32-/m0/s1. The van der Waals surface area contributed by atoms with Crippen molar-refractivity contribution in [3.05, 3.63) is 22.8 Å². The topological polar surface area (TPSA) is 26.3 Å². The highest BCUT2D eigenvalue weighted by Gasteiger charge is 2.63. The molecule has 2 fully saturated rings. The van der Waals surface area contributed by atoms with Gasteiger partial charge in [0.1, 0.15) is 6.10 Å². The van der Waals surface area contributed by atoms with Crippen molar-refractivity contribution in [2.45, 2.75) is 133 Å². The summed E-state index contributed by atoms with van der Waals surface area (Å²) in [6.07, 6.45) is 15.2. The molecule has 0 aliphatic heterocycles. The molecule has 4 rings (SSSR count). The van der Waals surface area contributed by atoms with Gasteiger partial charge in [-0.25, -0.2) is 0 Å². The van der Waals surface area contributed by atoms with Gasteiger partial charge in [0.15, 0.2) is 0 Å². The van der Waals surface area contributed by atoms with E-state index in [4.69, 9.17) is 4.74 Å². The van der Waals surface area contributed by atoms with Gasteiger partial charge in [-0.05, 0) is 112 Å². The van der Waals surface area contributed by atoms with Crippen molar-refractivity contribution in [3.8, 4) is 0 Å². The second-order valence-electron chi connectivity index (χ2n) is 14.2. The van der Waals surface area contributed by atoms with Gasteiger partial charge in [0.05, 0.1) is 0 Å². The number of ether oxygens (including phenoxy) is 1. The fraction of sp³-hybridized carbons (Fsp3) is 0.844. The lowest BCUT2D eigenvalue weighted by atomic mass is 9.43. The Hall–Kier alpha value is -1.05. The molecule has 2 nitrogen and oxygen atoms in total. The van der Waals surface area contributed by atoms with Crippen LogP contribution in [0.3, 0.4) is 0 Å². The number of allylic oxidation sites excluding steroid dienone is 4. The first kappa shape index (κ1) is 26.0. The lowest BCUT2D eigenvalue weighted by molar-refractivity contribution is -0.167. The SMILES string of the molecule is CC(=O)O[C@H]1CC[C@]2(C)C3=C(CC[C@H]2C1(C)C)[C@]1(C)CCC(C(C)CCC=C(C)C)[C@@]1(C)CC3. The van der Waals surface area contributed by atoms with E-state index in [1.54, 1.807) is 6.92 Å². The molecule has 7 atom stereocenters. The van der Waals surface area contributed by atoms with Crippen LogP contribution in [0.2, 0.25) is 0 Å². The minimum absolute atomic E-state index is 0.0382. The summed E-state index contributed by atoms with van der Waals surface area (Å²) in [5, 5.41) is 0. The van der Waals surface area contributed by atoms with Crippen LogP contribution >= 0.6 is 0 Å². The highest BCUT2D eigenvalue weighted by atomic mass is 16.5. The van der Waals surface area contributed by atoms with Gasteiger partial charge in [-0.3, -0.25) is 4.79 Å². The molecular formula is C32H52O2. The van der Waals surface area contributed by atoms with Crippen molar-refractivity contribution in [1.29, 1.82) is 0 Å². The number of carbonyl (C=O) groups excluding carboxylic acids is 1. The molecule has 2 saturated carbocycles. The van der Waals surface area contributed by atoms with Gasteiger partial charge in [0, 0.05) is 12.3 Å². The summed E-state index contributed by atoms with van der Waals surface area (Å²) in [6, 6.07) is 0. The van der Waals surface area contributed by atoms with Crippen molar-refractivity contribution in [3.63, 3.8) is 0 Å². The Labute approximate surface area is 210 Å². The maximum Gasteiger partial charge on any atom is 0.302 e. The highest BCUT2D eigenvalue weighted by molar-refractivity contribution is 5.66. The third-order valence-corrected chi connectivity index (χ3v) is 11.9. The first-order chi connectivity index (χ1) is 15.8. The van der Waals surface area contributed by atoms with Crippen molar-refractivity contribution >= 4 is 5.97 Å². The lowest BCUT2D eigenvalue weighted by Gasteiger charge is -2.62. The summed E-state index contributed by atoms with van der Waals surface area (Å²) < 4.78 is 5.87. The monoisotopic (exact) mass is 468 g/mol. The molecule has 2 unspecified atom stereocenters. The predicted molar refractivity (Wildman–Crippen MR) is 142 cm³/mol. The van der Waals surface area contributed by atoms with E-state index in [-0.39, 0.29) is 22.9 Å². The molecule has 0 bridgehead atoms. The van der Waals surface area contributed by atoms with Gasteiger partial charge < -0.3 is 4.74 Å². The van der Waals surface area contributed by atoms with Crippen LogP contribution in [0, 0.1) is 39.4 Å². The minimum atomic E-state index is -0.117. The molecule has 0 N–H and O–H groups in total. The number of hydrogen-bond donors (Lipinski definition) is 0. The summed E-state index contributed by atoms with van der Waals surface area (Å²) in [6.45, 7) is 21.2. The van der Waals surface area contributed by atoms with Gasteiger partial charge in [0.2, 0.25) is 0 Å². The number of fused-ring (bicyclic) bond motifs is 4. The van der Waals surface area contributed by atoms with E-state index in [0.29, 0.717) is 16.7 Å². The molecule has 0 aromatic rings. The molecule has 4 aliphatic rings. The lowest BCUT2D eigenvalue weighted by Crippen LogP contribution is -2.55. The summed E-state index contributed by atoms with van der Waals surface area (Å²) in [5.74, 6) is 2.13. The second-order valence-corrected chi connectivity index (χ2v) is 14.2. The Morgan fingerprint density at radius 2 is 1.68 bits per heavy atom. The zero-order valence-electron chi connectivity index (χ0n) is 23.8. The van der Waals surface area contributed by atoms with E-state index in [1.807, 2.05) is 11.1 Å². The van der Waals surface area contributed by atoms with E-state index >= 15 is 0 Å². The largest absolute Gasteiger partial charge is 0.462 e. The van der Waals surface area contributed by atoms with Crippen LogP contribution < -0.4 is 0 Å². The third kappa shape index (κ3) is 3.85. The van der Waals surface area contributed by atoms with E-state index in [9.17, 15) is 4.79 Å². The zero-order valence-corrected chi connectivity index (χ0v) is 23.8. The molecule has 2 heteroatoms. The van der Waals surface area contributed by atoms with Crippen LogP contribution in [0.4, 0.5) is 0 Å². The van der Waals surface area contributed by atoms with Crippen LogP contribution in [0.5, 0.6) is 0 Å². The quantitative estimate of drug-likeness (QED) is 0.297. The Kier molecular flexibility index (Phi) is 6.74. The van der Waals surface area contributed by atoms with Crippen LogP contribution in [-0.4, -0.2) is 12.1 Å². The van der Waals surface area contributed by atoms with Crippen molar-refractivity contribution in [1.82, 2.24) is 0 Å². The molecule has 0 spiro atoms. The fourth-order valence-corrected chi connectivity index (χ4v) is 9.86. The first-order valence-corrected chi connectivity index (χ1v) is 14.3. The molecular weight excluding hydrogens is 416 g/mol. The van der Waals surface area contributed by atoms with Gasteiger partial charge >= 0.3 is 5.97 Å². The van der Waals surface area contributed by atoms with Gasteiger partial charge in [-0.15, -0.1) is 0 Å². The van der Waals surface area contributed by atoms with Crippen LogP contribution in [0.15, 0.2) is 22.8 Å². The molecule has 0 aromatic heterocycles. The minimum Gasteiger partial charge on any atom is -0.462 e. The van der Waals surface area contributed by atoms with Crippen molar-refractivity contribution in [2.75, 3.05) is 0 Å². The third-order valence-electron chi connectivity index (χ3n) is 11.9. The van der Waals surface area contributed by atoms with Crippen LogP contribution in [0.25, 0.3) is 0 Å². The van der Waals surface area contributed by atoms with E-state index < -0.39 is 0 Å². The number of esters is 1. The Balaban J connectivity index is 1.63. The maximum atomic E-state index is 11.8. The summed E-state index contributed by atoms with van der Waals surface area (Å²) in [4.78, 5) is 11.8. The number of carbonyl (C=O) groups is 1. The molecule has 0 saturated heterocycles. The number of hydrogen-bond acceptors (Lipinski definition) is 2. The molecule has 34 heavy (non-hydrogen) atoms. The van der Waals surface area contributed by atoms with Crippen LogP contribution in [0.1, 0.15) is 127 Å². The highest BCUT2D eigenvalue weighted by Crippen LogP contribution is 2.72. The average Bonchev–Trinajstić information content (AvgIpc) is 3.01. The Morgan fingerprint density at radius 1 is 0.971 bits per heavy atom. The average molecular weight is 469 g/mol. The second kappa shape index (κ2) is 8.81. The van der Waals surface area contributed by atoms with E-state index in [0.717, 1.165) is 18.3 Å². The normalized spacial score (nSPS) is 41.7. The summed E-state index contributed by atoms with van der Waals surface area (Å²) >= 11 is 0. The molecule has 192 valence electrons. The number of rotatable bonds is 5. The smallest absolute Gasteiger partial charge is 0.302 e. The van der Waals surface area contributed by atoms with E-state index in [2.05, 4.69) is 61.5 Å². The molecule has 0 aromatic carbocycles. The van der Waals surface area contributed by atoms with Crippen LogP contribution in [-0.2, 0) is 9.53 Å². The molecule has 0 amide bonds. The van der Waals surface area contributed by atoms with Gasteiger partial charge in [0.25, 0.3) is 0 Å². The van der Waals surface area contributed by atoms with Gasteiger partial charge in [-0.2, -0.15) is 0 Å². The molecule has 0 heterocycles. The molecule has 4 aliphatic carbocycles. The fourth-order valence-electron chi connectivity index (χ4n) is 9.86. The van der Waals surface area contributed by atoms with Crippen molar-refractivity contribution in [2.24, 2.45) is 39.4 Å². The van der Waals surface area contributed by atoms with Gasteiger partial charge in [-0.1, -0.05) is 64.3 Å². The van der Waals surface area contributed by atoms with Crippen molar-refractivity contribution < 1.29 is 9.53 Å². The van der Waals surface area contributed by atoms with E-state index in [1.165, 1.54) is 63.4 Å². The predicted octanol–water partition coefficient (Wildman–Crippen LogP) is 9.05. The molecule has 0 radical (unpaired) electrons. The maximum absolute atomic E-state index is 11.8. The zero-order chi connectivity index (χ0) is 25.1. The Bertz CT molecular complexity index is 873.